The highest BCUT2D eigenvalue weighted by molar-refractivity contribution is 14.1. The van der Waals surface area contributed by atoms with Crippen molar-refractivity contribution in [2.75, 3.05) is 0 Å². The monoisotopic (exact) mass is 306 g/mol. The molecule has 0 radical (unpaired) electrons. The first-order valence-electron chi connectivity index (χ1n) is 3.72. The van der Waals surface area contributed by atoms with Crippen molar-refractivity contribution in [3.8, 4) is 5.75 Å². The predicted molar refractivity (Wildman–Crippen MR) is 62.1 cm³/mol. The third kappa shape index (κ3) is 1.43. The van der Waals surface area contributed by atoms with Crippen LogP contribution in [0.15, 0.2) is 17.5 Å². The van der Waals surface area contributed by atoms with Gasteiger partial charge in [0, 0.05) is 19.2 Å². The van der Waals surface area contributed by atoms with Gasteiger partial charge >= 0.3 is 0 Å². The molecule has 1 aromatic heterocycles. The molecule has 1 aromatic carbocycles. The lowest BCUT2D eigenvalue weighted by atomic mass is 10.1. The molecule has 0 amide bonds. The SMILES string of the molecule is OCc1c(O)cc(I)c2ccsc12. The van der Waals surface area contributed by atoms with Crippen molar-refractivity contribution < 1.29 is 10.2 Å². The minimum Gasteiger partial charge on any atom is -0.507 e. The number of hydrogen-bond acceptors (Lipinski definition) is 3. The van der Waals surface area contributed by atoms with Crippen LogP contribution < -0.4 is 0 Å². The molecule has 1 heterocycles. The number of aliphatic hydroxyl groups excluding tert-OH is 1. The maximum absolute atomic E-state index is 9.55. The van der Waals surface area contributed by atoms with Gasteiger partial charge in [-0.15, -0.1) is 11.3 Å². The fraction of sp³-hybridized carbons (Fsp3) is 0.111. The Morgan fingerprint density at radius 3 is 2.92 bits per heavy atom. The lowest BCUT2D eigenvalue weighted by molar-refractivity contribution is 0.277. The first kappa shape index (κ1) is 9.23. The van der Waals surface area contributed by atoms with Crippen molar-refractivity contribution in [3.05, 3.63) is 26.6 Å². The summed E-state index contributed by atoms with van der Waals surface area (Å²) >= 11 is 3.72. The van der Waals surface area contributed by atoms with Gasteiger partial charge in [0.1, 0.15) is 5.75 Å². The number of halogens is 1. The third-order valence-corrected chi connectivity index (χ3v) is 3.79. The summed E-state index contributed by atoms with van der Waals surface area (Å²) in [5, 5.41) is 21.7. The number of rotatable bonds is 1. The second kappa shape index (κ2) is 3.43. The number of aromatic hydroxyl groups is 1. The fourth-order valence-corrected chi connectivity index (χ4v) is 3.17. The molecule has 0 fully saturated rings. The van der Waals surface area contributed by atoms with Gasteiger partial charge in [-0.2, -0.15) is 0 Å². The molecule has 2 nitrogen and oxygen atoms in total. The van der Waals surface area contributed by atoms with Gasteiger partial charge in [-0.1, -0.05) is 0 Å². The Morgan fingerprint density at radius 1 is 1.46 bits per heavy atom. The molecule has 2 aromatic rings. The van der Waals surface area contributed by atoms with Crippen LogP contribution in [0.2, 0.25) is 0 Å². The zero-order valence-corrected chi connectivity index (χ0v) is 9.59. The molecule has 0 bridgehead atoms. The predicted octanol–water partition coefficient (Wildman–Crippen LogP) is 2.70. The maximum Gasteiger partial charge on any atom is 0.123 e. The average Bonchev–Trinajstić information content (AvgIpc) is 2.53. The van der Waals surface area contributed by atoms with Crippen molar-refractivity contribution in [1.82, 2.24) is 0 Å². The number of benzene rings is 1. The molecule has 0 aliphatic rings. The lowest BCUT2D eigenvalue weighted by Crippen LogP contribution is -1.86. The van der Waals surface area contributed by atoms with Crippen LogP contribution in [0, 0.1) is 3.57 Å². The van der Waals surface area contributed by atoms with Crippen molar-refractivity contribution in [2.24, 2.45) is 0 Å². The van der Waals surface area contributed by atoms with Gasteiger partial charge in [-0.05, 0) is 40.1 Å². The van der Waals surface area contributed by atoms with Crippen molar-refractivity contribution >= 4 is 44.0 Å². The largest absolute Gasteiger partial charge is 0.507 e. The number of fused-ring (bicyclic) bond motifs is 1. The van der Waals surface area contributed by atoms with E-state index in [0.29, 0.717) is 5.56 Å². The molecule has 0 aliphatic carbocycles. The molecule has 0 atom stereocenters. The van der Waals surface area contributed by atoms with E-state index in [1.165, 1.54) is 0 Å². The molecule has 4 heteroatoms. The molecule has 68 valence electrons. The highest BCUT2D eigenvalue weighted by Crippen LogP contribution is 2.34. The van der Waals surface area contributed by atoms with E-state index in [9.17, 15) is 5.11 Å². The Morgan fingerprint density at radius 2 is 2.23 bits per heavy atom. The van der Waals surface area contributed by atoms with Gasteiger partial charge in [0.25, 0.3) is 0 Å². The van der Waals surface area contributed by atoms with E-state index in [4.69, 9.17) is 5.11 Å². The second-order valence-corrected chi connectivity index (χ2v) is 4.76. The summed E-state index contributed by atoms with van der Waals surface area (Å²) in [7, 11) is 0. The molecule has 0 saturated heterocycles. The molecule has 2 rings (SSSR count). The molecule has 0 aliphatic heterocycles. The molecular weight excluding hydrogens is 299 g/mol. The summed E-state index contributed by atoms with van der Waals surface area (Å²) in [6.07, 6.45) is 0. The first-order chi connectivity index (χ1) is 6.24. The van der Waals surface area contributed by atoms with Gasteiger partial charge in [0.2, 0.25) is 0 Å². The summed E-state index contributed by atoms with van der Waals surface area (Å²) < 4.78 is 2.00. The first-order valence-corrected chi connectivity index (χ1v) is 5.68. The molecule has 0 spiro atoms. The van der Waals surface area contributed by atoms with Crippen LogP contribution in [-0.2, 0) is 6.61 Å². The molecular formula is C9H7IO2S. The number of aliphatic hydroxyl groups is 1. The third-order valence-electron chi connectivity index (χ3n) is 1.93. The normalized spacial score (nSPS) is 10.9. The number of hydrogen-bond donors (Lipinski definition) is 2. The van der Waals surface area contributed by atoms with Crippen LogP contribution in [-0.4, -0.2) is 10.2 Å². The summed E-state index contributed by atoms with van der Waals surface area (Å²) in [6, 6.07) is 3.68. The van der Waals surface area contributed by atoms with E-state index in [1.807, 2.05) is 11.4 Å². The summed E-state index contributed by atoms with van der Waals surface area (Å²) in [6.45, 7) is -0.111. The zero-order chi connectivity index (χ0) is 9.42. The quantitative estimate of drug-likeness (QED) is 0.795. The van der Waals surface area contributed by atoms with E-state index in [-0.39, 0.29) is 12.4 Å². The Bertz CT molecular complexity index is 450. The molecule has 0 saturated carbocycles. The highest BCUT2D eigenvalue weighted by atomic mass is 127. The molecule has 0 unspecified atom stereocenters. The van der Waals surface area contributed by atoms with E-state index in [0.717, 1.165) is 13.7 Å². The topological polar surface area (TPSA) is 40.5 Å². The van der Waals surface area contributed by atoms with Gasteiger partial charge in [-0.25, -0.2) is 0 Å². The Labute approximate surface area is 93.0 Å². The Hall–Kier alpha value is -0.330. The Balaban J connectivity index is 2.88. The smallest absolute Gasteiger partial charge is 0.123 e. The lowest BCUT2D eigenvalue weighted by Gasteiger charge is -2.03. The minimum absolute atomic E-state index is 0.111. The minimum atomic E-state index is -0.111. The van der Waals surface area contributed by atoms with E-state index < -0.39 is 0 Å². The van der Waals surface area contributed by atoms with E-state index >= 15 is 0 Å². The van der Waals surface area contributed by atoms with Gasteiger partial charge in [0.15, 0.2) is 0 Å². The van der Waals surface area contributed by atoms with Crippen LogP contribution in [0.1, 0.15) is 5.56 Å². The van der Waals surface area contributed by atoms with Crippen molar-refractivity contribution in [3.63, 3.8) is 0 Å². The average molecular weight is 306 g/mol. The van der Waals surface area contributed by atoms with Gasteiger partial charge in [0.05, 0.1) is 6.61 Å². The fourth-order valence-electron chi connectivity index (χ4n) is 1.29. The summed E-state index contributed by atoms with van der Waals surface area (Å²) in [5.74, 6) is 0.182. The van der Waals surface area contributed by atoms with Crippen LogP contribution in [0.4, 0.5) is 0 Å². The van der Waals surface area contributed by atoms with Crippen LogP contribution in [0.3, 0.4) is 0 Å². The molecule has 13 heavy (non-hydrogen) atoms. The Kier molecular flexibility index (Phi) is 2.44. The molecule has 2 N–H and O–H groups in total. The standard InChI is InChI=1S/C9H7IO2S/c10-7-3-8(12)6(4-11)9-5(7)1-2-13-9/h1-3,11-12H,4H2. The summed E-state index contributed by atoms with van der Waals surface area (Å²) in [5.41, 5.74) is 0.630. The summed E-state index contributed by atoms with van der Waals surface area (Å²) in [4.78, 5) is 0. The van der Waals surface area contributed by atoms with Crippen molar-refractivity contribution in [2.45, 2.75) is 6.61 Å². The number of thiophene rings is 1. The van der Waals surface area contributed by atoms with Gasteiger partial charge < -0.3 is 10.2 Å². The number of phenols is 1. The van der Waals surface area contributed by atoms with Crippen molar-refractivity contribution in [1.29, 1.82) is 0 Å². The van der Waals surface area contributed by atoms with Crippen LogP contribution >= 0.6 is 33.9 Å². The second-order valence-electron chi connectivity index (χ2n) is 2.68. The van der Waals surface area contributed by atoms with Gasteiger partial charge in [-0.3, -0.25) is 0 Å². The van der Waals surface area contributed by atoms with E-state index in [1.54, 1.807) is 17.4 Å². The maximum atomic E-state index is 9.55. The van der Waals surface area contributed by atoms with Crippen LogP contribution in [0.25, 0.3) is 10.1 Å². The zero-order valence-electron chi connectivity index (χ0n) is 6.62. The highest BCUT2D eigenvalue weighted by Gasteiger charge is 2.10. The van der Waals surface area contributed by atoms with Crippen LogP contribution in [0.5, 0.6) is 5.75 Å². The van der Waals surface area contributed by atoms with E-state index in [2.05, 4.69) is 22.6 Å².